The molecule has 0 unspecified atom stereocenters. The zero-order valence-corrected chi connectivity index (χ0v) is 21.2. The van der Waals surface area contributed by atoms with Gasteiger partial charge in [0.05, 0.1) is 11.3 Å². The van der Waals surface area contributed by atoms with Gasteiger partial charge in [0.2, 0.25) is 0 Å². The van der Waals surface area contributed by atoms with Crippen molar-refractivity contribution in [2.45, 2.75) is 57.0 Å². The summed E-state index contributed by atoms with van der Waals surface area (Å²) in [4.78, 5) is 18.3. The van der Waals surface area contributed by atoms with Gasteiger partial charge in [0, 0.05) is 28.9 Å². The molecule has 0 N–H and O–H groups in total. The SMILES string of the molecule is CC(C)(C)c1ccc2c(c1)C1(CCN(CCC(F)(F)F)CC1)CN2C(=O)c1cc2ccccc2s1. The fraction of sp³-hybridized carbons (Fsp3) is 0.464. The molecule has 1 amide bonds. The summed E-state index contributed by atoms with van der Waals surface area (Å²) in [5, 5.41) is 1.07. The molecule has 2 aliphatic heterocycles. The summed E-state index contributed by atoms with van der Waals surface area (Å²) in [6.07, 6.45) is -3.41. The molecule has 3 heterocycles. The van der Waals surface area contributed by atoms with E-state index in [2.05, 4.69) is 39.0 Å². The highest BCUT2D eigenvalue weighted by Crippen LogP contribution is 2.49. The second-order valence-electron chi connectivity index (χ2n) is 11.0. The van der Waals surface area contributed by atoms with Crippen LogP contribution in [0.2, 0.25) is 0 Å². The summed E-state index contributed by atoms with van der Waals surface area (Å²) in [5.74, 6) is 0.00679. The van der Waals surface area contributed by atoms with Gasteiger partial charge < -0.3 is 9.80 Å². The van der Waals surface area contributed by atoms with Gasteiger partial charge in [-0.1, -0.05) is 51.1 Å². The van der Waals surface area contributed by atoms with Crippen LogP contribution < -0.4 is 4.90 Å². The molecule has 2 aliphatic rings. The maximum absolute atomic E-state index is 13.8. The highest BCUT2D eigenvalue weighted by molar-refractivity contribution is 7.20. The van der Waals surface area contributed by atoms with Crippen molar-refractivity contribution in [2.75, 3.05) is 31.1 Å². The third kappa shape index (κ3) is 4.73. The monoisotopic (exact) mass is 500 g/mol. The lowest BCUT2D eigenvalue weighted by Crippen LogP contribution is -2.46. The number of halogens is 3. The number of carbonyl (C=O) groups is 1. The molecule has 3 aromatic rings. The zero-order chi connectivity index (χ0) is 25.0. The van der Waals surface area contributed by atoms with E-state index in [4.69, 9.17) is 0 Å². The molecular formula is C28H31F3N2OS. The van der Waals surface area contributed by atoms with Crippen LogP contribution >= 0.6 is 11.3 Å². The summed E-state index contributed by atoms with van der Waals surface area (Å²) < 4.78 is 39.4. The Morgan fingerprint density at radius 2 is 1.74 bits per heavy atom. The number of fused-ring (bicyclic) bond motifs is 3. The zero-order valence-electron chi connectivity index (χ0n) is 20.4. The van der Waals surface area contributed by atoms with Crippen LogP contribution in [0.4, 0.5) is 18.9 Å². The number of piperidine rings is 1. The van der Waals surface area contributed by atoms with E-state index in [1.54, 1.807) is 0 Å². The fourth-order valence-electron chi connectivity index (χ4n) is 5.45. The normalized spacial score (nSPS) is 18.4. The Kier molecular flexibility index (Phi) is 5.99. The van der Waals surface area contributed by atoms with Gasteiger partial charge in [0.1, 0.15) is 0 Å². The van der Waals surface area contributed by atoms with Gasteiger partial charge in [-0.25, -0.2) is 0 Å². The van der Waals surface area contributed by atoms with E-state index in [0.29, 0.717) is 19.6 Å². The van der Waals surface area contributed by atoms with Crippen molar-refractivity contribution in [1.29, 1.82) is 0 Å². The molecule has 1 fully saturated rings. The predicted octanol–water partition coefficient (Wildman–Crippen LogP) is 7.15. The van der Waals surface area contributed by atoms with Crippen molar-refractivity contribution in [1.82, 2.24) is 4.90 Å². The lowest BCUT2D eigenvalue weighted by atomic mass is 9.72. The minimum atomic E-state index is -4.13. The molecule has 1 spiro atoms. The molecule has 0 radical (unpaired) electrons. The van der Waals surface area contributed by atoms with Gasteiger partial charge in [-0.05, 0) is 66.1 Å². The minimum absolute atomic E-state index is 0.00679. The van der Waals surface area contributed by atoms with Crippen LogP contribution in [0, 0.1) is 0 Å². The maximum atomic E-state index is 13.8. The molecule has 186 valence electrons. The van der Waals surface area contributed by atoms with Crippen molar-refractivity contribution in [3.63, 3.8) is 0 Å². The summed E-state index contributed by atoms with van der Waals surface area (Å²) in [7, 11) is 0. The Morgan fingerprint density at radius 3 is 2.40 bits per heavy atom. The van der Waals surface area contributed by atoms with E-state index in [-0.39, 0.29) is 23.3 Å². The Labute approximate surface area is 208 Å². The number of hydrogen-bond acceptors (Lipinski definition) is 3. The van der Waals surface area contributed by atoms with Crippen molar-refractivity contribution >= 4 is 33.0 Å². The highest BCUT2D eigenvalue weighted by Gasteiger charge is 2.47. The summed E-state index contributed by atoms with van der Waals surface area (Å²) in [6, 6.07) is 16.4. The van der Waals surface area contributed by atoms with Gasteiger partial charge in [0.15, 0.2) is 0 Å². The van der Waals surface area contributed by atoms with Crippen LogP contribution in [0.5, 0.6) is 0 Å². The Bertz CT molecular complexity index is 1220. The first-order valence-corrected chi connectivity index (χ1v) is 13.0. The number of hydrogen-bond donors (Lipinski definition) is 0. The number of rotatable bonds is 3. The van der Waals surface area contributed by atoms with Crippen LogP contribution in [-0.2, 0) is 10.8 Å². The number of amides is 1. The smallest absolute Gasteiger partial charge is 0.306 e. The molecule has 1 aromatic heterocycles. The van der Waals surface area contributed by atoms with Crippen LogP contribution in [-0.4, -0.2) is 43.2 Å². The standard InChI is InChI=1S/C28H31F3N2OS/c1-26(2,3)20-8-9-22-21(17-20)27(10-13-32(14-11-27)15-12-28(29,30)31)18-33(22)25(34)24-16-19-6-4-5-7-23(19)35-24/h4-9,16-17H,10-15,18H2,1-3H3. The maximum Gasteiger partial charge on any atom is 0.390 e. The Morgan fingerprint density at radius 1 is 1.03 bits per heavy atom. The number of alkyl halides is 3. The molecule has 35 heavy (non-hydrogen) atoms. The average molecular weight is 501 g/mol. The number of carbonyl (C=O) groups excluding carboxylic acids is 1. The highest BCUT2D eigenvalue weighted by atomic mass is 32.1. The second kappa shape index (κ2) is 8.63. The van der Waals surface area contributed by atoms with Gasteiger partial charge in [0.25, 0.3) is 5.91 Å². The van der Waals surface area contributed by atoms with Gasteiger partial charge in [-0.2, -0.15) is 13.2 Å². The van der Waals surface area contributed by atoms with Crippen LogP contribution in [0.25, 0.3) is 10.1 Å². The van der Waals surface area contributed by atoms with Gasteiger partial charge in [-0.3, -0.25) is 4.79 Å². The average Bonchev–Trinajstić information content (AvgIpc) is 3.37. The van der Waals surface area contributed by atoms with E-state index in [0.717, 1.165) is 33.5 Å². The number of likely N-dealkylation sites (tertiary alicyclic amines) is 1. The van der Waals surface area contributed by atoms with Gasteiger partial charge >= 0.3 is 6.18 Å². The Balaban J connectivity index is 1.46. The lowest BCUT2D eigenvalue weighted by Gasteiger charge is -2.40. The first kappa shape index (κ1) is 24.3. The number of anilines is 1. The first-order chi connectivity index (χ1) is 16.5. The van der Waals surface area contributed by atoms with Gasteiger partial charge in [-0.15, -0.1) is 11.3 Å². The van der Waals surface area contributed by atoms with Crippen LogP contribution in [0.3, 0.4) is 0 Å². The summed E-state index contributed by atoms with van der Waals surface area (Å²) in [5.41, 5.74) is 3.08. The van der Waals surface area contributed by atoms with Crippen LogP contribution in [0.1, 0.15) is 60.8 Å². The molecule has 5 rings (SSSR count). The molecule has 0 bridgehead atoms. The number of thiophene rings is 1. The summed E-state index contributed by atoms with van der Waals surface area (Å²) in [6.45, 7) is 8.37. The van der Waals surface area contributed by atoms with E-state index >= 15 is 0 Å². The second-order valence-corrected chi connectivity index (χ2v) is 12.1. The third-order valence-corrected chi connectivity index (χ3v) is 8.70. The molecule has 0 atom stereocenters. The van der Waals surface area contributed by atoms with E-state index < -0.39 is 12.6 Å². The molecule has 0 saturated carbocycles. The van der Waals surface area contributed by atoms with E-state index in [1.165, 1.54) is 22.5 Å². The van der Waals surface area contributed by atoms with Crippen molar-refractivity contribution < 1.29 is 18.0 Å². The van der Waals surface area contributed by atoms with Crippen molar-refractivity contribution in [2.24, 2.45) is 0 Å². The Hall–Kier alpha value is -2.38. The van der Waals surface area contributed by atoms with E-state index in [9.17, 15) is 18.0 Å². The quantitative estimate of drug-likeness (QED) is 0.381. The topological polar surface area (TPSA) is 23.6 Å². The minimum Gasteiger partial charge on any atom is -0.306 e. The lowest BCUT2D eigenvalue weighted by molar-refractivity contribution is -0.138. The number of benzene rings is 2. The first-order valence-electron chi connectivity index (χ1n) is 12.2. The van der Waals surface area contributed by atoms with Crippen LogP contribution in [0.15, 0.2) is 48.5 Å². The molecular weight excluding hydrogens is 469 g/mol. The third-order valence-electron chi connectivity index (χ3n) is 7.59. The molecule has 7 heteroatoms. The van der Waals surface area contributed by atoms with E-state index in [1.807, 2.05) is 40.1 Å². The largest absolute Gasteiger partial charge is 0.390 e. The summed E-state index contributed by atoms with van der Waals surface area (Å²) >= 11 is 1.51. The van der Waals surface area contributed by atoms with Crippen molar-refractivity contribution in [3.05, 3.63) is 64.5 Å². The van der Waals surface area contributed by atoms with Crippen molar-refractivity contribution in [3.8, 4) is 0 Å². The molecule has 3 nitrogen and oxygen atoms in total. The molecule has 0 aliphatic carbocycles. The predicted molar refractivity (Wildman–Crippen MR) is 137 cm³/mol. The number of nitrogens with zero attached hydrogens (tertiary/aromatic N) is 2. The molecule has 1 saturated heterocycles. The molecule has 2 aromatic carbocycles. The fourth-order valence-corrected chi connectivity index (χ4v) is 6.47.